The molecule has 4 nitrogen and oxygen atoms in total. The highest BCUT2D eigenvalue weighted by Gasteiger charge is 2.05. The Bertz CT molecular complexity index is 441. The number of aromatic nitrogens is 2. The standard InChI is InChI=1S/C8H7ClN4S/c1-13-4-6(9)7(12-13)2-5(3-10)8(11)14/h2,4H,1H3,(H2,11,14)/b5-2+. The third kappa shape index (κ3) is 2.31. The highest BCUT2D eigenvalue weighted by atomic mass is 35.5. The summed E-state index contributed by atoms with van der Waals surface area (Å²) in [4.78, 5) is 0.0363. The van der Waals surface area contributed by atoms with Crippen LogP contribution in [0.5, 0.6) is 0 Å². The molecule has 0 spiro atoms. The lowest BCUT2D eigenvalue weighted by Gasteiger charge is -1.92. The molecule has 1 rings (SSSR count). The van der Waals surface area contributed by atoms with Crippen LogP contribution in [0.15, 0.2) is 11.8 Å². The third-order valence-corrected chi connectivity index (χ3v) is 1.99. The van der Waals surface area contributed by atoms with Crippen molar-refractivity contribution in [2.24, 2.45) is 12.8 Å². The number of rotatable bonds is 2. The van der Waals surface area contributed by atoms with E-state index in [1.807, 2.05) is 6.07 Å². The Morgan fingerprint density at radius 1 is 1.86 bits per heavy atom. The van der Waals surface area contributed by atoms with Gasteiger partial charge >= 0.3 is 0 Å². The zero-order valence-corrected chi connectivity index (χ0v) is 8.93. The molecular formula is C8H7ClN4S. The van der Waals surface area contributed by atoms with Crippen LogP contribution in [0.25, 0.3) is 6.08 Å². The van der Waals surface area contributed by atoms with E-state index in [0.717, 1.165) is 0 Å². The van der Waals surface area contributed by atoms with Crippen molar-refractivity contribution in [3.05, 3.63) is 22.5 Å². The maximum atomic E-state index is 8.69. The maximum absolute atomic E-state index is 8.69. The van der Waals surface area contributed by atoms with Crippen LogP contribution in [-0.2, 0) is 7.05 Å². The average Bonchev–Trinajstić information content (AvgIpc) is 2.40. The average molecular weight is 227 g/mol. The number of nitrogens with two attached hydrogens (primary N) is 1. The Morgan fingerprint density at radius 3 is 2.86 bits per heavy atom. The van der Waals surface area contributed by atoms with E-state index in [9.17, 15) is 0 Å². The largest absolute Gasteiger partial charge is 0.389 e. The first-order valence-corrected chi connectivity index (χ1v) is 4.44. The van der Waals surface area contributed by atoms with Crippen LogP contribution >= 0.6 is 23.8 Å². The Labute approximate surface area is 91.6 Å². The highest BCUT2D eigenvalue weighted by molar-refractivity contribution is 7.80. The molecule has 0 aliphatic rings. The van der Waals surface area contributed by atoms with E-state index in [1.54, 1.807) is 17.9 Å². The molecule has 0 saturated carbocycles. The van der Waals surface area contributed by atoms with Crippen LogP contribution in [0.1, 0.15) is 5.69 Å². The van der Waals surface area contributed by atoms with Crippen molar-refractivity contribution in [3.63, 3.8) is 0 Å². The predicted octanol–water partition coefficient (Wildman–Crippen LogP) is 1.27. The molecular weight excluding hydrogens is 220 g/mol. The van der Waals surface area contributed by atoms with Gasteiger partial charge in [0.15, 0.2) is 0 Å². The fraction of sp³-hybridized carbons (Fsp3) is 0.125. The Kier molecular flexibility index (Phi) is 3.23. The minimum atomic E-state index is 0.0363. The van der Waals surface area contributed by atoms with E-state index in [4.69, 9.17) is 22.6 Å². The molecule has 6 heteroatoms. The number of halogens is 1. The lowest BCUT2D eigenvalue weighted by atomic mass is 10.2. The molecule has 1 heterocycles. The number of thiocarbonyl (C=S) groups is 1. The fourth-order valence-electron chi connectivity index (χ4n) is 0.870. The first kappa shape index (κ1) is 10.7. The zero-order valence-electron chi connectivity index (χ0n) is 7.36. The van der Waals surface area contributed by atoms with E-state index < -0.39 is 0 Å². The first-order chi connectivity index (χ1) is 6.54. The van der Waals surface area contributed by atoms with Gasteiger partial charge in [-0.2, -0.15) is 10.4 Å². The molecule has 0 radical (unpaired) electrons. The number of nitriles is 1. The molecule has 2 N–H and O–H groups in total. The summed E-state index contributed by atoms with van der Waals surface area (Å²) in [6, 6.07) is 1.87. The summed E-state index contributed by atoms with van der Waals surface area (Å²) in [5, 5.41) is 13.2. The molecule has 0 unspecified atom stereocenters. The van der Waals surface area contributed by atoms with Gasteiger partial charge in [-0.15, -0.1) is 0 Å². The van der Waals surface area contributed by atoms with Gasteiger partial charge in [-0.3, -0.25) is 4.68 Å². The van der Waals surface area contributed by atoms with Crippen LogP contribution in [0, 0.1) is 11.3 Å². The highest BCUT2D eigenvalue weighted by Crippen LogP contribution is 2.16. The topological polar surface area (TPSA) is 67.6 Å². The first-order valence-electron chi connectivity index (χ1n) is 3.65. The van der Waals surface area contributed by atoms with Crippen molar-refractivity contribution in [2.75, 3.05) is 0 Å². The summed E-state index contributed by atoms with van der Waals surface area (Å²) in [7, 11) is 1.73. The van der Waals surface area contributed by atoms with Crippen molar-refractivity contribution in [1.82, 2.24) is 9.78 Å². The van der Waals surface area contributed by atoms with Crippen LogP contribution in [-0.4, -0.2) is 14.8 Å². The van der Waals surface area contributed by atoms with Gasteiger partial charge < -0.3 is 5.73 Å². The number of hydrogen-bond donors (Lipinski definition) is 1. The molecule has 72 valence electrons. The van der Waals surface area contributed by atoms with Crippen LogP contribution < -0.4 is 5.73 Å². The monoisotopic (exact) mass is 226 g/mol. The quantitative estimate of drug-likeness (QED) is 0.469. The summed E-state index contributed by atoms with van der Waals surface area (Å²) in [6.07, 6.45) is 3.09. The molecule has 0 aliphatic carbocycles. The second-order valence-corrected chi connectivity index (χ2v) is 3.42. The Balaban J connectivity index is 3.14. The number of hydrogen-bond acceptors (Lipinski definition) is 3. The smallest absolute Gasteiger partial charge is 0.114 e. The van der Waals surface area contributed by atoms with E-state index in [1.165, 1.54) is 6.08 Å². The summed E-state index contributed by atoms with van der Waals surface area (Å²) >= 11 is 10.5. The normalized spacial score (nSPS) is 11.1. The Hall–Kier alpha value is -1.38. The van der Waals surface area contributed by atoms with Crippen molar-refractivity contribution in [1.29, 1.82) is 5.26 Å². The van der Waals surface area contributed by atoms with Gasteiger partial charge in [0.25, 0.3) is 0 Å². The fourth-order valence-corrected chi connectivity index (χ4v) is 1.21. The summed E-state index contributed by atoms with van der Waals surface area (Å²) in [5.41, 5.74) is 5.99. The molecule has 0 aromatic carbocycles. The van der Waals surface area contributed by atoms with Crippen LogP contribution in [0.2, 0.25) is 5.02 Å². The van der Waals surface area contributed by atoms with Gasteiger partial charge in [0.05, 0.1) is 10.6 Å². The summed E-state index contributed by atoms with van der Waals surface area (Å²) < 4.78 is 1.54. The van der Waals surface area contributed by atoms with Crippen molar-refractivity contribution < 1.29 is 0 Å². The maximum Gasteiger partial charge on any atom is 0.114 e. The van der Waals surface area contributed by atoms with Gasteiger partial charge in [0.1, 0.15) is 16.8 Å². The molecule has 14 heavy (non-hydrogen) atoms. The van der Waals surface area contributed by atoms with Gasteiger partial charge in [-0.1, -0.05) is 23.8 Å². The van der Waals surface area contributed by atoms with E-state index in [0.29, 0.717) is 10.7 Å². The van der Waals surface area contributed by atoms with Gasteiger partial charge in [-0.05, 0) is 6.08 Å². The predicted molar refractivity (Wildman–Crippen MR) is 58.6 cm³/mol. The minimum Gasteiger partial charge on any atom is -0.389 e. The second-order valence-electron chi connectivity index (χ2n) is 2.57. The third-order valence-electron chi connectivity index (χ3n) is 1.48. The van der Waals surface area contributed by atoms with Gasteiger partial charge in [0.2, 0.25) is 0 Å². The molecule has 1 aromatic rings. The van der Waals surface area contributed by atoms with E-state index >= 15 is 0 Å². The zero-order chi connectivity index (χ0) is 10.7. The summed E-state index contributed by atoms with van der Waals surface area (Å²) in [6.45, 7) is 0. The van der Waals surface area contributed by atoms with E-state index in [2.05, 4.69) is 17.3 Å². The molecule has 0 bridgehead atoms. The van der Waals surface area contributed by atoms with Crippen molar-refractivity contribution >= 4 is 34.9 Å². The van der Waals surface area contributed by atoms with Crippen molar-refractivity contribution in [2.45, 2.75) is 0 Å². The number of aryl methyl sites for hydroxylation is 1. The molecule has 0 atom stereocenters. The lowest BCUT2D eigenvalue weighted by Crippen LogP contribution is -2.09. The van der Waals surface area contributed by atoms with Gasteiger partial charge in [0, 0.05) is 13.2 Å². The Morgan fingerprint density at radius 2 is 2.50 bits per heavy atom. The molecule has 0 fully saturated rings. The molecule has 0 saturated heterocycles. The van der Waals surface area contributed by atoms with Gasteiger partial charge in [-0.25, -0.2) is 0 Å². The lowest BCUT2D eigenvalue weighted by molar-refractivity contribution is 0.764. The number of nitrogens with zero attached hydrogens (tertiary/aromatic N) is 3. The van der Waals surface area contributed by atoms with Crippen molar-refractivity contribution in [3.8, 4) is 6.07 Å². The molecule has 0 amide bonds. The summed E-state index contributed by atoms with van der Waals surface area (Å²) in [5.74, 6) is 0. The second kappa shape index (κ2) is 4.22. The molecule has 1 aromatic heterocycles. The SMILES string of the molecule is Cn1cc(Cl)c(/C=C(\C#N)C(N)=S)n1. The molecule has 0 aliphatic heterocycles. The van der Waals surface area contributed by atoms with Crippen LogP contribution in [0.4, 0.5) is 0 Å². The van der Waals surface area contributed by atoms with E-state index in [-0.39, 0.29) is 10.6 Å². The van der Waals surface area contributed by atoms with Crippen LogP contribution in [0.3, 0.4) is 0 Å². The minimum absolute atomic E-state index is 0.0363.